The van der Waals surface area contributed by atoms with E-state index in [0.717, 1.165) is 6.42 Å². The van der Waals surface area contributed by atoms with Crippen LogP contribution in [0.25, 0.3) is 0 Å². The Kier molecular flexibility index (Phi) is 5.31. The molecule has 1 atom stereocenters. The molecule has 2 aromatic rings. The van der Waals surface area contributed by atoms with Crippen LogP contribution in [-0.4, -0.2) is 33.0 Å². The van der Waals surface area contributed by atoms with Crippen LogP contribution >= 0.6 is 11.3 Å². The Labute approximate surface area is 134 Å². The fraction of sp³-hybridized carbons (Fsp3) is 0.533. The number of rotatable bonds is 7. The Bertz CT molecular complexity index is 607. The number of nitrogens with one attached hydrogen (secondary N) is 1. The number of hydrogen-bond acceptors (Lipinski definition) is 5. The molecule has 7 heteroatoms. The highest BCUT2D eigenvalue weighted by Gasteiger charge is 2.27. The van der Waals surface area contributed by atoms with E-state index in [1.54, 1.807) is 22.2 Å². The van der Waals surface area contributed by atoms with Gasteiger partial charge in [-0.1, -0.05) is 25.1 Å². The van der Waals surface area contributed by atoms with Crippen molar-refractivity contribution in [2.24, 2.45) is 11.7 Å². The molecule has 2 rings (SSSR count). The summed E-state index contributed by atoms with van der Waals surface area (Å²) in [6, 6.07) is 4.02. The number of thiophene rings is 1. The summed E-state index contributed by atoms with van der Waals surface area (Å²) in [4.78, 5) is 13.5. The molecule has 22 heavy (non-hydrogen) atoms. The van der Waals surface area contributed by atoms with E-state index in [1.165, 1.54) is 4.88 Å². The molecule has 6 nitrogen and oxygen atoms in total. The number of nitrogens with two attached hydrogens (primary N) is 1. The third-order valence-electron chi connectivity index (χ3n) is 3.39. The van der Waals surface area contributed by atoms with Gasteiger partial charge in [0.15, 0.2) is 5.69 Å². The normalized spacial score (nSPS) is 14.0. The van der Waals surface area contributed by atoms with Crippen molar-refractivity contribution in [3.8, 4) is 0 Å². The second-order valence-electron chi connectivity index (χ2n) is 6.20. The summed E-state index contributed by atoms with van der Waals surface area (Å²) in [5.41, 5.74) is 5.71. The summed E-state index contributed by atoms with van der Waals surface area (Å²) >= 11 is 1.65. The summed E-state index contributed by atoms with van der Waals surface area (Å²) in [5.74, 6) is 0.217. The van der Waals surface area contributed by atoms with Crippen LogP contribution in [0.1, 0.15) is 42.6 Å². The topological polar surface area (TPSA) is 85.8 Å². The number of aromatic nitrogens is 3. The van der Waals surface area contributed by atoms with Gasteiger partial charge in [-0.15, -0.1) is 16.4 Å². The van der Waals surface area contributed by atoms with Crippen LogP contribution in [0.4, 0.5) is 0 Å². The second-order valence-corrected chi connectivity index (χ2v) is 7.23. The van der Waals surface area contributed by atoms with E-state index < -0.39 is 5.54 Å². The van der Waals surface area contributed by atoms with Crippen molar-refractivity contribution < 1.29 is 4.79 Å². The lowest BCUT2D eigenvalue weighted by Crippen LogP contribution is -2.52. The first-order chi connectivity index (χ1) is 10.4. The molecule has 0 aliphatic rings. The average molecular weight is 321 g/mol. The first kappa shape index (κ1) is 16.6. The minimum atomic E-state index is -0.428. The van der Waals surface area contributed by atoms with Gasteiger partial charge in [0.05, 0.1) is 18.3 Å². The molecule has 1 amide bonds. The van der Waals surface area contributed by atoms with E-state index in [-0.39, 0.29) is 5.91 Å². The van der Waals surface area contributed by atoms with Gasteiger partial charge in [0.25, 0.3) is 5.91 Å². The van der Waals surface area contributed by atoms with Crippen molar-refractivity contribution in [3.63, 3.8) is 0 Å². The molecule has 1 unspecified atom stereocenters. The highest BCUT2D eigenvalue weighted by Crippen LogP contribution is 2.16. The van der Waals surface area contributed by atoms with E-state index in [0.29, 0.717) is 24.7 Å². The van der Waals surface area contributed by atoms with Gasteiger partial charge in [-0.05, 0) is 30.7 Å². The van der Waals surface area contributed by atoms with Crippen molar-refractivity contribution in [3.05, 3.63) is 34.3 Å². The highest BCUT2D eigenvalue weighted by atomic mass is 32.1. The maximum Gasteiger partial charge on any atom is 0.273 e. The molecule has 0 aliphatic heterocycles. The van der Waals surface area contributed by atoms with E-state index >= 15 is 0 Å². The van der Waals surface area contributed by atoms with E-state index in [4.69, 9.17) is 5.73 Å². The Balaban J connectivity index is 2.02. The van der Waals surface area contributed by atoms with Crippen LogP contribution < -0.4 is 11.1 Å². The first-order valence-corrected chi connectivity index (χ1v) is 8.25. The smallest absolute Gasteiger partial charge is 0.273 e. The van der Waals surface area contributed by atoms with Crippen LogP contribution in [0.15, 0.2) is 23.7 Å². The molecule has 0 saturated carbocycles. The van der Waals surface area contributed by atoms with Gasteiger partial charge in [-0.3, -0.25) is 4.79 Å². The van der Waals surface area contributed by atoms with Gasteiger partial charge in [-0.2, -0.15) is 0 Å². The third kappa shape index (κ3) is 4.38. The molecule has 0 aliphatic carbocycles. The zero-order valence-electron chi connectivity index (χ0n) is 13.2. The number of hydrogen-bond donors (Lipinski definition) is 2. The van der Waals surface area contributed by atoms with Gasteiger partial charge in [0.1, 0.15) is 0 Å². The largest absolute Gasteiger partial charge is 0.344 e. The summed E-state index contributed by atoms with van der Waals surface area (Å²) in [6.07, 6.45) is 2.49. The van der Waals surface area contributed by atoms with Crippen molar-refractivity contribution >= 4 is 17.2 Å². The standard InChI is InChI=1S/C15H23N5OS/c1-11(2)7-15(3,10-16)17-14(21)13-9-20(19-18-13)8-12-5-4-6-22-12/h4-6,9,11H,7-8,10,16H2,1-3H3,(H,17,21). The van der Waals surface area contributed by atoms with Gasteiger partial charge >= 0.3 is 0 Å². The fourth-order valence-corrected chi connectivity index (χ4v) is 3.16. The van der Waals surface area contributed by atoms with Crippen molar-refractivity contribution in [1.29, 1.82) is 0 Å². The Morgan fingerprint density at radius 3 is 2.91 bits per heavy atom. The van der Waals surface area contributed by atoms with Crippen LogP contribution in [0, 0.1) is 5.92 Å². The predicted molar refractivity (Wildman–Crippen MR) is 87.8 cm³/mol. The number of amides is 1. The van der Waals surface area contributed by atoms with Gasteiger partial charge < -0.3 is 11.1 Å². The lowest BCUT2D eigenvalue weighted by Gasteiger charge is -2.30. The van der Waals surface area contributed by atoms with E-state index in [2.05, 4.69) is 29.5 Å². The SMILES string of the molecule is CC(C)CC(C)(CN)NC(=O)c1cn(Cc2cccs2)nn1. The van der Waals surface area contributed by atoms with E-state index in [9.17, 15) is 4.79 Å². The van der Waals surface area contributed by atoms with Crippen LogP contribution in [0.5, 0.6) is 0 Å². The summed E-state index contributed by atoms with van der Waals surface area (Å²) in [6.45, 7) is 7.19. The minimum absolute atomic E-state index is 0.231. The molecular formula is C15H23N5OS. The number of carbonyl (C=O) groups excluding carboxylic acids is 1. The third-order valence-corrected chi connectivity index (χ3v) is 4.25. The summed E-state index contributed by atoms with van der Waals surface area (Å²) in [7, 11) is 0. The van der Waals surface area contributed by atoms with Crippen LogP contribution in [-0.2, 0) is 6.54 Å². The average Bonchev–Trinajstić information content (AvgIpc) is 3.10. The van der Waals surface area contributed by atoms with Crippen LogP contribution in [0.3, 0.4) is 0 Å². The zero-order valence-corrected chi connectivity index (χ0v) is 14.1. The van der Waals surface area contributed by atoms with Crippen molar-refractivity contribution in [2.75, 3.05) is 6.54 Å². The maximum absolute atomic E-state index is 12.3. The Morgan fingerprint density at radius 2 is 2.32 bits per heavy atom. The predicted octanol–water partition coefficient (Wildman–Crippen LogP) is 1.88. The van der Waals surface area contributed by atoms with Gasteiger partial charge in [0.2, 0.25) is 0 Å². The molecule has 0 bridgehead atoms. The molecule has 2 aromatic heterocycles. The molecular weight excluding hydrogens is 298 g/mol. The van der Waals surface area contributed by atoms with Crippen molar-refractivity contribution in [2.45, 2.75) is 39.3 Å². The number of carbonyl (C=O) groups is 1. The molecule has 0 radical (unpaired) electrons. The molecule has 0 fully saturated rings. The monoisotopic (exact) mass is 321 g/mol. The molecule has 3 N–H and O–H groups in total. The first-order valence-electron chi connectivity index (χ1n) is 7.37. The quantitative estimate of drug-likeness (QED) is 0.815. The fourth-order valence-electron chi connectivity index (χ4n) is 2.47. The van der Waals surface area contributed by atoms with Gasteiger partial charge in [-0.25, -0.2) is 4.68 Å². The highest BCUT2D eigenvalue weighted by molar-refractivity contribution is 7.09. The van der Waals surface area contributed by atoms with Crippen LogP contribution in [0.2, 0.25) is 0 Å². The number of nitrogens with zero attached hydrogens (tertiary/aromatic N) is 3. The molecule has 0 aromatic carbocycles. The Morgan fingerprint density at radius 1 is 1.55 bits per heavy atom. The maximum atomic E-state index is 12.3. The Hall–Kier alpha value is -1.73. The minimum Gasteiger partial charge on any atom is -0.344 e. The summed E-state index contributed by atoms with van der Waals surface area (Å²) < 4.78 is 1.67. The van der Waals surface area contributed by atoms with Crippen molar-refractivity contribution in [1.82, 2.24) is 20.3 Å². The molecule has 0 spiro atoms. The second kappa shape index (κ2) is 7.02. The molecule has 2 heterocycles. The van der Waals surface area contributed by atoms with E-state index in [1.807, 2.05) is 24.4 Å². The van der Waals surface area contributed by atoms with Gasteiger partial charge in [0, 0.05) is 11.4 Å². The lowest BCUT2D eigenvalue weighted by molar-refractivity contribution is 0.0893. The zero-order chi connectivity index (χ0) is 16.2. The molecule has 0 saturated heterocycles. The summed E-state index contributed by atoms with van der Waals surface area (Å²) in [5, 5.41) is 13.0. The lowest BCUT2D eigenvalue weighted by atomic mass is 9.90. The molecule has 120 valence electrons.